The van der Waals surface area contributed by atoms with Gasteiger partial charge < -0.3 is 10.6 Å². The van der Waals surface area contributed by atoms with Crippen molar-refractivity contribution in [3.8, 4) is 0 Å². The van der Waals surface area contributed by atoms with Gasteiger partial charge in [-0.05, 0) is 53.0 Å². The molecule has 0 radical (unpaired) electrons. The van der Waals surface area contributed by atoms with Gasteiger partial charge in [0.05, 0.1) is 10.8 Å². The fourth-order valence-corrected chi connectivity index (χ4v) is 3.79. The predicted octanol–water partition coefficient (Wildman–Crippen LogP) is 3.12. The Morgan fingerprint density at radius 3 is 2.17 bits per heavy atom. The van der Waals surface area contributed by atoms with Crippen molar-refractivity contribution in [3.63, 3.8) is 0 Å². The van der Waals surface area contributed by atoms with E-state index in [-0.39, 0.29) is 34.6 Å². The maximum atomic E-state index is 12.6. The van der Waals surface area contributed by atoms with Gasteiger partial charge in [0.15, 0.2) is 0 Å². The lowest BCUT2D eigenvalue weighted by Crippen LogP contribution is -2.62. The van der Waals surface area contributed by atoms with Crippen molar-refractivity contribution in [3.05, 3.63) is 39.9 Å². The van der Waals surface area contributed by atoms with Crippen LogP contribution >= 0.6 is 0 Å². The number of hydrogen-bond acceptors (Lipinski definition) is 4. The summed E-state index contributed by atoms with van der Waals surface area (Å²) >= 11 is 0. The number of nitrogens with zero attached hydrogens (tertiary/aromatic N) is 1. The Kier molecular flexibility index (Phi) is 4.99. The van der Waals surface area contributed by atoms with Crippen LogP contribution in [0.25, 0.3) is 0 Å². The van der Waals surface area contributed by atoms with Crippen molar-refractivity contribution in [2.45, 2.75) is 70.5 Å². The van der Waals surface area contributed by atoms with E-state index in [1.165, 1.54) is 12.1 Å². The monoisotopic (exact) mass is 333 g/mol. The van der Waals surface area contributed by atoms with Crippen molar-refractivity contribution in [2.24, 2.45) is 0 Å². The molecule has 1 atom stereocenters. The average Bonchev–Trinajstić information content (AvgIpc) is 2.43. The number of benzene rings is 1. The number of non-ortho nitro benzene ring substituents is 1. The quantitative estimate of drug-likeness (QED) is 0.655. The number of amides is 1. The van der Waals surface area contributed by atoms with Crippen LogP contribution in [-0.4, -0.2) is 28.0 Å². The third kappa shape index (κ3) is 4.54. The van der Waals surface area contributed by atoms with Crippen molar-refractivity contribution in [1.29, 1.82) is 0 Å². The van der Waals surface area contributed by atoms with E-state index in [4.69, 9.17) is 0 Å². The van der Waals surface area contributed by atoms with Gasteiger partial charge in [0, 0.05) is 29.3 Å². The van der Waals surface area contributed by atoms with Crippen LogP contribution in [0.15, 0.2) is 24.3 Å². The van der Waals surface area contributed by atoms with Crippen molar-refractivity contribution < 1.29 is 9.72 Å². The minimum atomic E-state index is -0.437. The van der Waals surface area contributed by atoms with E-state index in [0.717, 1.165) is 18.4 Å². The number of rotatable bonds is 4. The van der Waals surface area contributed by atoms with E-state index in [2.05, 4.69) is 38.3 Å². The fourth-order valence-electron chi connectivity index (χ4n) is 3.79. The number of nitrogens with one attached hydrogen (secondary N) is 2. The molecule has 2 rings (SSSR count). The second-order valence-electron chi connectivity index (χ2n) is 8.08. The van der Waals surface area contributed by atoms with Crippen LogP contribution in [0.4, 0.5) is 5.69 Å². The number of carbonyl (C=O) groups is 1. The van der Waals surface area contributed by atoms with Crippen molar-refractivity contribution in [2.75, 3.05) is 0 Å². The standard InChI is InChI=1S/C18H27N3O3/c1-12(13-6-8-15(9-7-13)21(23)24)16(22)19-14-10-17(2,3)20-18(4,5)11-14/h6-9,12,14,20H,10-11H2,1-5H3,(H,19,22)/t12-/m1/s1. The van der Waals surface area contributed by atoms with E-state index in [1.807, 2.05) is 6.92 Å². The zero-order valence-electron chi connectivity index (χ0n) is 15.1. The molecule has 1 aliphatic rings. The molecule has 6 nitrogen and oxygen atoms in total. The van der Waals surface area contributed by atoms with Crippen molar-refractivity contribution >= 4 is 11.6 Å². The summed E-state index contributed by atoms with van der Waals surface area (Å²) in [6, 6.07) is 6.30. The number of carbonyl (C=O) groups excluding carboxylic acids is 1. The van der Waals surface area contributed by atoms with Gasteiger partial charge in [-0.3, -0.25) is 14.9 Å². The van der Waals surface area contributed by atoms with Crippen LogP contribution in [0.2, 0.25) is 0 Å². The second-order valence-corrected chi connectivity index (χ2v) is 8.08. The minimum Gasteiger partial charge on any atom is -0.353 e. The van der Waals surface area contributed by atoms with E-state index in [1.54, 1.807) is 12.1 Å². The first kappa shape index (κ1) is 18.4. The first-order valence-electron chi connectivity index (χ1n) is 8.33. The molecule has 1 aromatic carbocycles. The smallest absolute Gasteiger partial charge is 0.269 e. The van der Waals surface area contributed by atoms with Crippen LogP contribution in [0.1, 0.15) is 58.9 Å². The molecule has 6 heteroatoms. The number of hydrogen-bond donors (Lipinski definition) is 2. The lowest BCUT2D eigenvalue weighted by molar-refractivity contribution is -0.384. The molecule has 1 saturated heterocycles. The molecule has 1 heterocycles. The molecule has 0 unspecified atom stereocenters. The summed E-state index contributed by atoms with van der Waals surface area (Å²) in [4.78, 5) is 22.9. The molecule has 0 saturated carbocycles. The summed E-state index contributed by atoms with van der Waals surface area (Å²) in [5.41, 5.74) is 0.755. The van der Waals surface area contributed by atoms with Crippen LogP contribution in [0.3, 0.4) is 0 Å². The Labute approximate surface area is 143 Å². The summed E-state index contributed by atoms with van der Waals surface area (Å²) in [6.07, 6.45) is 1.74. The molecular formula is C18H27N3O3. The molecule has 0 spiro atoms. The first-order valence-corrected chi connectivity index (χ1v) is 8.33. The lowest BCUT2D eigenvalue weighted by atomic mass is 9.79. The van der Waals surface area contributed by atoms with E-state index < -0.39 is 4.92 Å². The first-order chi connectivity index (χ1) is 11.0. The van der Waals surface area contributed by atoms with Gasteiger partial charge >= 0.3 is 0 Å². The van der Waals surface area contributed by atoms with Gasteiger partial charge in [0.1, 0.15) is 0 Å². The topological polar surface area (TPSA) is 84.3 Å². The second kappa shape index (κ2) is 6.51. The molecule has 1 aliphatic heterocycles. The van der Waals surface area contributed by atoms with Crippen molar-refractivity contribution in [1.82, 2.24) is 10.6 Å². The number of nitro benzene ring substituents is 1. The molecule has 1 fully saturated rings. The number of piperidine rings is 1. The van der Waals surface area contributed by atoms with E-state index in [0.29, 0.717) is 0 Å². The Bertz CT molecular complexity index is 607. The Morgan fingerprint density at radius 1 is 1.21 bits per heavy atom. The van der Waals surface area contributed by atoms with E-state index >= 15 is 0 Å². The maximum absolute atomic E-state index is 12.6. The van der Waals surface area contributed by atoms with Crippen LogP contribution in [-0.2, 0) is 4.79 Å². The number of nitro groups is 1. The highest BCUT2D eigenvalue weighted by Gasteiger charge is 2.38. The molecule has 24 heavy (non-hydrogen) atoms. The molecule has 1 aromatic rings. The average molecular weight is 333 g/mol. The third-order valence-electron chi connectivity index (χ3n) is 4.53. The van der Waals surface area contributed by atoms with Gasteiger partial charge in [-0.25, -0.2) is 0 Å². The van der Waals surface area contributed by atoms with Gasteiger partial charge in [0.25, 0.3) is 5.69 Å². The highest BCUT2D eigenvalue weighted by atomic mass is 16.6. The molecular weight excluding hydrogens is 306 g/mol. The highest BCUT2D eigenvalue weighted by molar-refractivity contribution is 5.83. The van der Waals surface area contributed by atoms with Gasteiger partial charge in [-0.2, -0.15) is 0 Å². The van der Waals surface area contributed by atoms with Crippen LogP contribution in [0, 0.1) is 10.1 Å². The fraction of sp³-hybridized carbons (Fsp3) is 0.611. The summed E-state index contributed by atoms with van der Waals surface area (Å²) in [5.74, 6) is -0.380. The maximum Gasteiger partial charge on any atom is 0.269 e. The normalized spacial score (nSPS) is 21.0. The summed E-state index contributed by atoms with van der Waals surface area (Å²) in [6.45, 7) is 10.4. The zero-order chi connectivity index (χ0) is 18.1. The SMILES string of the molecule is C[C@@H](C(=O)NC1CC(C)(C)NC(C)(C)C1)c1ccc([N+](=O)[O-])cc1. The van der Waals surface area contributed by atoms with Crippen LogP contribution < -0.4 is 10.6 Å². The molecule has 1 amide bonds. The highest BCUT2D eigenvalue weighted by Crippen LogP contribution is 2.29. The molecule has 0 bridgehead atoms. The molecule has 132 valence electrons. The largest absolute Gasteiger partial charge is 0.353 e. The van der Waals surface area contributed by atoms with Gasteiger partial charge in [-0.1, -0.05) is 12.1 Å². The van der Waals surface area contributed by atoms with Gasteiger partial charge in [0.2, 0.25) is 5.91 Å². The van der Waals surface area contributed by atoms with Crippen LogP contribution in [0.5, 0.6) is 0 Å². The Hall–Kier alpha value is -1.95. The summed E-state index contributed by atoms with van der Waals surface area (Å²) in [7, 11) is 0. The zero-order valence-corrected chi connectivity index (χ0v) is 15.1. The molecule has 0 aliphatic carbocycles. The predicted molar refractivity (Wildman–Crippen MR) is 94.0 cm³/mol. The third-order valence-corrected chi connectivity index (χ3v) is 4.53. The summed E-state index contributed by atoms with van der Waals surface area (Å²) < 4.78 is 0. The molecule has 2 N–H and O–H groups in total. The molecule has 0 aromatic heterocycles. The Balaban J connectivity index is 2.04. The Morgan fingerprint density at radius 2 is 1.71 bits per heavy atom. The minimum absolute atomic E-state index is 0.0315. The van der Waals surface area contributed by atoms with E-state index in [9.17, 15) is 14.9 Å². The summed E-state index contributed by atoms with van der Waals surface area (Å²) in [5, 5.41) is 17.5. The van der Waals surface area contributed by atoms with Gasteiger partial charge in [-0.15, -0.1) is 0 Å². The lowest BCUT2D eigenvalue weighted by Gasteiger charge is -2.46.